The average molecular weight is 399 g/mol. The number of benzene rings is 2. The summed E-state index contributed by atoms with van der Waals surface area (Å²) < 4.78 is 27.0. The van der Waals surface area contributed by atoms with Crippen molar-refractivity contribution < 1.29 is 13.2 Å². The van der Waals surface area contributed by atoms with Crippen molar-refractivity contribution in [3.05, 3.63) is 58.6 Å². The van der Waals surface area contributed by atoms with Crippen molar-refractivity contribution in [1.29, 1.82) is 0 Å². The summed E-state index contributed by atoms with van der Waals surface area (Å²) in [6, 6.07) is 12.0. The minimum Gasteiger partial charge on any atom is -0.323 e. The van der Waals surface area contributed by atoms with Gasteiger partial charge in [-0.15, -0.1) is 0 Å². The summed E-state index contributed by atoms with van der Waals surface area (Å²) >= 11 is 11.9. The molecule has 1 aliphatic rings. The van der Waals surface area contributed by atoms with Crippen LogP contribution < -0.4 is 5.32 Å². The average Bonchev–Trinajstić information content (AvgIpc) is 3.08. The van der Waals surface area contributed by atoms with Crippen LogP contribution in [0, 0.1) is 0 Å². The van der Waals surface area contributed by atoms with E-state index in [4.69, 9.17) is 23.2 Å². The number of nitrogens with one attached hydrogen (secondary N) is 1. The van der Waals surface area contributed by atoms with Gasteiger partial charge in [-0.2, -0.15) is 4.31 Å². The molecular weight excluding hydrogens is 383 g/mol. The molecule has 1 fully saturated rings. The second kappa shape index (κ2) is 7.33. The second-order valence-electron chi connectivity index (χ2n) is 5.70. The summed E-state index contributed by atoms with van der Waals surface area (Å²) in [5.74, 6) is -0.386. The molecule has 1 atom stereocenters. The lowest BCUT2D eigenvalue weighted by Crippen LogP contribution is -2.43. The minimum absolute atomic E-state index is 0.120. The number of para-hydroxylation sites is 1. The maximum Gasteiger partial charge on any atom is 0.243 e. The number of hydrogen-bond acceptors (Lipinski definition) is 3. The predicted octanol–water partition coefficient (Wildman–Crippen LogP) is 3.79. The maximum absolute atomic E-state index is 12.9. The van der Waals surface area contributed by atoms with Crippen LogP contribution in [0.5, 0.6) is 0 Å². The Bertz CT molecular complexity index is 885. The van der Waals surface area contributed by atoms with Gasteiger partial charge in [0, 0.05) is 11.6 Å². The third-order valence-electron chi connectivity index (χ3n) is 4.06. The summed E-state index contributed by atoms with van der Waals surface area (Å²) in [7, 11) is -3.77. The van der Waals surface area contributed by atoms with E-state index in [0.717, 1.165) is 0 Å². The van der Waals surface area contributed by atoms with Gasteiger partial charge in [-0.05, 0) is 49.2 Å². The van der Waals surface area contributed by atoms with Crippen LogP contribution in [-0.2, 0) is 14.8 Å². The molecule has 2 aromatic carbocycles. The molecule has 2 aromatic rings. The smallest absolute Gasteiger partial charge is 0.243 e. The summed E-state index contributed by atoms with van der Waals surface area (Å²) in [6.45, 7) is 0.297. The molecule has 25 heavy (non-hydrogen) atoms. The number of carbonyl (C=O) groups excluding carboxylic acids is 1. The first-order valence-electron chi connectivity index (χ1n) is 7.72. The van der Waals surface area contributed by atoms with Crippen molar-refractivity contribution in [3.63, 3.8) is 0 Å². The zero-order chi connectivity index (χ0) is 18.0. The number of nitrogens with zero attached hydrogens (tertiary/aromatic N) is 1. The van der Waals surface area contributed by atoms with Gasteiger partial charge in [0.1, 0.15) is 6.04 Å². The van der Waals surface area contributed by atoms with Gasteiger partial charge in [0.25, 0.3) is 0 Å². The van der Waals surface area contributed by atoms with Gasteiger partial charge in [0.15, 0.2) is 0 Å². The largest absolute Gasteiger partial charge is 0.323 e. The number of amides is 1. The molecule has 5 nitrogen and oxygen atoms in total. The molecule has 1 aliphatic heterocycles. The molecule has 0 aliphatic carbocycles. The van der Waals surface area contributed by atoms with E-state index in [0.29, 0.717) is 35.1 Å². The highest BCUT2D eigenvalue weighted by Gasteiger charge is 2.39. The molecule has 1 N–H and O–H groups in total. The zero-order valence-electron chi connectivity index (χ0n) is 13.2. The Morgan fingerprint density at radius 1 is 1.08 bits per heavy atom. The van der Waals surface area contributed by atoms with Crippen LogP contribution in [0.25, 0.3) is 0 Å². The van der Waals surface area contributed by atoms with Crippen LogP contribution in [0.4, 0.5) is 5.69 Å². The molecule has 0 aromatic heterocycles. The van der Waals surface area contributed by atoms with Gasteiger partial charge >= 0.3 is 0 Å². The number of anilines is 1. The Morgan fingerprint density at radius 2 is 1.76 bits per heavy atom. The molecule has 132 valence electrons. The van der Waals surface area contributed by atoms with E-state index in [-0.39, 0.29) is 10.8 Å². The molecule has 1 amide bonds. The summed E-state index contributed by atoms with van der Waals surface area (Å²) in [4.78, 5) is 12.7. The molecule has 1 saturated heterocycles. The first-order chi connectivity index (χ1) is 11.9. The molecule has 8 heteroatoms. The molecule has 0 unspecified atom stereocenters. The van der Waals surface area contributed by atoms with Gasteiger partial charge in [0.05, 0.1) is 15.6 Å². The van der Waals surface area contributed by atoms with Crippen LogP contribution in [-0.4, -0.2) is 31.2 Å². The van der Waals surface area contributed by atoms with Crippen molar-refractivity contribution in [3.8, 4) is 0 Å². The van der Waals surface area contributed by atoms with Crippen LogP contribution >= 0.6 is 23.2 Å². The van der Waals surface area contributed by atoms with Crippen LogP contribution in [0.1, 0.15) is 12.8 Å². The Labute approximate surface area is 156 Å². The third kappa shape index (κ3) is 3.82. The van der Waals surface area contributed by atoms with Gasteiger partial charge in [-0.3, -0.25) is 4.79 Å². The van der Waals surface area contributed by atoms with E-state index < -0.39 is 16.1 Å². The molecule has 0 spiro atoms. The van der Waals surface area contributed by atoms with E-state index in [1.807, 2.05) is 0 Å². The lowest BCUT2D eigenvalue weighted by Gasteiger charge is -2.23. The first-order valence-corrected chi connectivity index (χ1v) is 9.92. The monoisotopic (exact) mass is 398 g/mol. The van der Waals surface area contributed by atoms with E-state index in [2.05, 4.69) is 5.32 Å². The van der Waals surface area contributed by atoms with Gasteiger partial charge < -0.3 is 5.32 Å². The van der Waals surface area contributed by atoms with Crippen LogP contribution in [0.3, 0.4) is 0 Å². The minimum atomic E-state index is -3.77. The van der Waals surface area contributed by atoms with Crippen molar-refractivity contribution in [2.24, 2.45) is 0 Å². The van der Waals surface area contributed by atoms with E-state index in [1.54, 1.807) is 24.3 Å². The molecule has 1 heterocycles. The zero-order valence-corrected chi connectivity index (χ0v) is 15.5. The number of rotatable bonds is 4. The second-order valence-corrected chi connectivity index (χ2v) is 8.43. The first kappa shape index (κ1) is 18.2. The van der Waals surface area contributed by atoms with Crippen LogP contribution in [0.15, 0.2) is 53.4 Å². The predicted molar refractivity (Wildman–Crippen MR) is 98.4 cm³/mol. The Balaban J connectivity index is 1.83. The fraction of sp³-hybridized carbons (Fsp3) is 0.235. The van der Waals surface area contributed by atoms with Gasteiger partial charge in [-0.25, -0.2) is 8.42 Å². The highest BCUT2D eigenvalue weighted by atomic mass is 35.5. The molecule has 3 rings (SSSR count). The summed E-state index contributed by atoms with van der Waals surface area (Å²) in [6.07, 6.45) is 1.08. The molecule has 0 saturated carbocycles. The molecule has 0 radical (unpaired) electrons. The van der Waals surface area contributed by atoms with Crippen molar-refractivity contribution in [2.45, 2.75) is 23.8 Å². The number of hydrogen-bond donors (Lipinski definition) is 1. The number of sulfonamides is 1. The lowest BCUT2D eigenvalue weighted by atomic mass is 10.2. The summed E-state index contributed by atoms with van der Waals surface area (Å²) in [5.41, 5.74) is 0.463. The Hall–Kier alpha value is -1.60. The maximum atomic E-state index is 12.9. The Morgan fingerprint density at radius 3 is 2.44 bits per heavy atom. The molecular formula is C17H16Cl2N2O3S. The van der Waals surface area contributed by atoms with Gasteiger partial charge in [-0.1, -0.05) is 35.3 Å². The van der Waals surface area contributed by atoms with Crippen molar-refractivity contribution in [2.75, 3.05) is 11.9 Å². The van der Waals surface area contributed by atoms with Crippen molar-refractivity contribution >= 4 is 44.8 Å². The summed E-state index contributed by atoms with van der Waals surface area (Å²) in [5, 5.41) is 3.57. The standard InChI is InChI=1S/C17H16Cl2N2O3S/c18-12-7-9-13(10-8-12)25(23,24)21-11-3-6-16(21)17(22)20-15-5-2-1-4-14(15)19/h1-2,4-5,7-10,16H,3,6,11H2,(H,20,22)/t16-/m0/s1. The van der Waals surface area contributed by atoms with E-state index >= 15 is 0 Å². The number of carbonyl (C=O) groups is 1. The van der Waals surface area contributed by atoms with E-state index in [1.165, 1.54) is 28.6 Å². The fourth-order valence-electron chi connectivity index (χ4n) is 2.81. The topological polar surface area (TPSA) is 66.5 Å². The Kier molecular flexibility index (Phi) is 5.34. The quantitative estimate of drug-likeness (QED) is 0.851. The van der Waals surface area contributed by atoms with Crippen LogP contribution in [0.2, 0.25) is 10.0 Å². The highest BCUT2D eigenvalue weighted by molar-refractivity contribution is 7.89. The molecule has 0 bridgehead atoms. The highest BCUT2D eigenvalue weighted by Crippen LogP contribution is 2.28. The lowest BCUT2D eigenvalue weighted by molar-refractivity contribution is -0.119. The fourth-order valence-corrected chi connectivity index (χ4v) is 4.78. The normalized spacial score (nSPS) is 18.2. The number of halogens is 2. The SMILES string of the molecule is O=C(Nc1ccccc1Cl)[C@@H]1CCCN1S(=O)(=O)c1ccc(Cl)cc1. The third-order valence-corrected chi connectivity index (χ3v) is 6.56. The van der Waals surface area contributed by atoms with Gasteiger partial charge in [0.2, 0.25) is 15.9 Å². The van der Waals surface area contributed by atoms with Crippen molar-refractivity contribution in [1.82, 2.24) is 4.31 Å². The van der Waals surface area contributed by atoms with E-state index in [9.17, 15) is 13.2 Å².